The van der Waals surface area contributed by atoms with E-state index in [0.717, 1.165) is 35.4 Å². The van der Waals surface area contributed by atoms with E-state index < -0.39 is 0 Å². The standard InChI is InChI=1S/C11H14BrN3/c12-10-6-9(7-13)11(14-8-10)15-4-2-1-3-5-15/h1-2,6,8H,3-5,7,13H2. The molecule has 2 N–H and O–H groups in total. The van der Waals surface area contributed by atoms with Gasteiger partial charge >= 0.3 is 0 Å². The molecule has 0 saturated carbocycles. The van der Waals surface area contributed by atoms with Gasteiger partial charge in [0.1, 0.15) is 5.82 Å². The first-order chi connectivity index (χ1) is 7.31. The predicted octanol–water partition coefficient (Wildman–Crippen LogP) is 2.07. The molecule has 0 atom stereocenters. The SMILES string of the molecule is NCc1cc(Br)cnc1N1CC=CCC1. The lowest BCUT2D eigenvalue weighted by molar-refractivity contribution is 0.795. The van der Waals surface area contributed by atoms with Crippen LogP contribution < -0.4 is 10.6 Å². The van der Waals surface area contributed by atoms with Gasteiger partial charge in [0.25, 0.3) is 0 Å². The summed E-state index contributed by atoms with van der Waals surface area (Å²) in [5, 5.41) is 0. The summed E-state index contributed by atoms with van der Waals surface area (Å²) in [7, 11) is 0. The van der Waals surface area contributed by atoms with Crippen molar-refractivity contribution in [1.82, 2.24) is 4.98 Å². The van der Waals surface area contributed by atoms with Crippen LogP contribution in [-0.2, 0) is 6.54 Å². The van der Waals surface area contributed by atoms with E-state index in [2.05, 4.69) is 38.0 Å². The number of nitrogens with zero attached hydrogens (tertiary/aromatic N) is 2. The fourth-order valence-corrected chi connectivity index (χ4v) is 2.12. The molecular formula is C11H14BrN3. The first-order valence-electron chi connectivity index (χ1n) is 5.05. The van der Waals surface area contributed by atoms with Crippen LogP contribution in [0.4, 0.5) is 5.82 Å². The third kappa shape index (κ3) is 2.38. The molecule has 1 aromatic rings. The molecular weight excluding hydrogens is 254 g/mol. The molecule has 0 spiro atoms. The molecule has 1 aromatic heterocycles. The number of hydrogen-bond donors (Lipinski definition) is 1. The Morgan fingerprint density at radius 3 is 3.00 bits per heavy atom. The smallest absolute Gasteiger partial charge is 0.133 e. The van der Waals surface area contributed by atoms with Crippen LogP contribution in [0.15, 0.2) is 28.9 Å². The molecule has 0 aromatic carbocycles. The average Bonchev–Trinajstić information content (AvgIpc) is 2.30. The number of nitrogens with two attached hydrogens (primary N) is 1. The van der Waals surface area contributed by atoms with Crippen molar-refractivity contribution in [3.63, 3.8) is 0 Å². The molecule has 0 fully saturated rings. The minimum atomic E-state index is 0.530. The van der Waals surface area contributed by atoms with E-state index in [0.29, 0.717) is 6.54 Å². The lowest BCUT2D eigenvalue weighted by atomic mass is 10.2. The second kappa shape index (κ2) is 4.77. The average molecular weight is 268 g/mol. The first kappa shape index (κ1) is 10.6. The van der Waals surface area contributed by atoms with Crippen LogP contribution in [0, 0.1) is 0 Å². The van der Waals surface area contributed by atoms with Crippen molar-refractivity contribution in [1.29, 1.82) is 0 Å². The zero-order chi connectivity index (χ0) is 10.7. The summed E-state index contributed by atoms with van der Waals surface area (Å²) in [4.78, 5) is 6.70. The summed E-state index contributed by atoms with van der Waals surface area (Å²) in [6.45, 7) is 2.49. The van der Waals surface area contributed by atoms with Gasteiger partial charge in [0.15, 0.2) is 0 Å². The van der Waals surface area contributed by atoms with Gasteiger partial charge in [0, 0.05) is 35.9 Å². The molecule has 15 heavy (non-hydrogen) atoms. The third-order valence-corrected chi connectivity index (χ3v) is 2.92. The Morgan fingerprint density at radius 2 is 2.33 bits per heavy atom. The van der Waals surface area contributed by atoms with Crippen molar-refractivity contribution in [3.8, 4) is 0 Å². The highest BCUT2D eigenvalue weighted by molar-refractivity contribution is 9.10. The maximum Gasteiger partial charge on any atom is 0.133 e. The van der Waals surface area contributed by atoms with Gasteiger partial charge in [0.2, 0.25) is 0 Å². The van der Waals surface area contributed by atoms with Gasteiger partial charge in [-0.2, -0.15) is 0 Å². The predicted molar refractivity (Wildman–Crippen MR) is 65.8 cm³/mol. The molecule has 0 aliphatic carbocycles. The zero-order valence-corrected chi connectivity index (χ0v) is 10.1. The van der Waals surface area contributed by atoms with Crippen molar-refractivity contribution in [2.75, 3.05) is 18.0 Å². The maximum atomic E-state index is 5.72. The summed E-state index contributed by atoms with van der Waals surface area (Å²) in [6, 6.07) is 2.04. The van der Waals surface area contributed by atoms with Crippen LogP contribution in [0.3, 0.4) is 0 Å². The van der Waals surface area contributed by atoms with Gasteiger partial charge in [-0.25, -0.2) is 4.98 Å². The molecule has 80 valence electrons. The Bertz CT molecular complexity index is 376. The lowest BCUT2D eigenvalue weighted by Gasteiger charge is -2.26. The van der Waals surface area contributed by atoms with Crippen molar-refractivity contribution >= 4 is 21.7 Å². The van der Waals surface area contributed by atoms with Crippen LogP contribution in [0.1, 0.15) is 12.0 Å². The maximum absolute atomic E-state index is 5.72. The second-order valence-electron chi connectivity index (χ2n) is 3.55. The van der Waals surface area contributed by atoms with E-state index in [1.165, 1.54) is 0 Å². The van der Waals surface area contributed by atoms with Gasteiger partial charge < -0.3 is 10.6 Å². The molecule has 2 heterocycles. The number of aromatic nitrogens is 1. The van der Waals surface area contributed by atoms with Crippen molar-refractivity contribution in [2.24, 2.45) is 5.73 Å². The Balaban J connectivity index is 2.30. The fraction of sp³-hybridized carbons (Fsp3) is 0.364. The number of rotatable bonds is 2. The van der Waals surface area contributed by atoms with E-state index in [1.807, 2.05) is 12.3 Å². The Labute approximate surface area is 98.1 Å². The van der Waals surface area contributed by atoms with Crippen molar-refractivity contribution < 1.29 is 0 Å². The highest BCUT2D eigenvalue weighted by Crippen LogP contribution is 2.22. The number of halogens is 1. The quantitative estimate of drug-likeness (QED) is 0.835. The van der Waals surface area contributed by atoms with Gasteiger partial charge in [-0.3, -0.25) is 0 Å². The molecule has 0 bridgehead atoms. The topological polar surface area (TPSA) is 42.1 Å². The minimum absolute atomic E-state index is 0.530. The molecule has 0 unspecified atom stereocenters. The molecule has 2 rings (SSSR count). The van der Waals surface area contributed by atoms with Crippen LogP contribution >= 0.6 is 15.9 Å². The summed E-state index contributed by atoms with van der Waals surface area (Å²) in [5.41, 5.74) is 6.82. The summed E-state index contributed by atoms with van der Waals surface area (Å²) in [5.74, 6) is 1.02. The Kier molecular flexibility index (Phi) is 3.38. The molecule has 0 amide bonds. The molecule has 0 saturated heterocycles. The third-order valence-electron chi connectivity index (χ3n) is 2.49. The fourth-order valence-electron chi connectivity index (χ4n) is 1.74. The summed E-state index contributed by atoms with van der Waals surface area (Å²) >= 11 is 3.41. The largest absolute Gasteiger partial charge is 0.352 e. The molecule has 1 aliphatic heterocycles. The Hall–Kier alpha value is -0.870. The summed E-state index contributed by atoms with van der Waals surface area (Å²) in [6.07, 6.45) is 7.29. The number of pyridine rings is 1. The lowest BCUT2D eigenvalue weighted by Crippen LogP contribution is -2.29. The molecule has 0 radical (unpaired) electrons. The van der Waals surface area contributed by atoms with Gasteiger partial charge in [-0.15, -0.1) is 0 Å². The van der Waals surface area contributed by atoms with Gasteiger partial charge in [-0.1, -0.05) is 12.2 Å². The van der Waals surface area contributed by atoms with E-state index in [4.69, 9.17) is 5.73 Å². The van der Waals surface area contributed by atoms with E-state index in [-0.39, 0.29) is 0 Å². The van der Waals surface area contributed by atoms with Gasteiger partial charge in [0.05, 0.1) is 0 Å². The minimum Gasteiger partial charge on any atom is -0.352 e. The van der Waals surface area contributed by atoms with Crippen LogP contribution in [0.25, 0.3) is 0 Å². The Morgan fingerprint density at radius 1 is 1.47 bits per heavy atom. The number of anilines is 1. The van der Waals surface area contributed by atoms with Crippen molar-refractivity contribution in [3.05, 3.63) is 34.5 Å². The normalized spacial score (nSPS) is 15.7. The molecule has 3 nitrogen and oxygen atoms in total. The van der Waals surface area contributed by atoms with Gasteiger partial charge in [-0.05, 0) is 28.4 Å². The zero-order valence-electron chi connectivity index (χ0n) is 8.49. The molecule has 1 aliphatic rings. The highest BCUT2D eigenvalue weighted by Gasteiger charge is 2.12. The van der Waals surface area contributed by atoms with E-state index >= 15 is 0 Å². The van der Waals surface area contributed by atoms with Crippen molar-refractivity contribution in [2.45, 2.75) is 13.0 Å². The van der Waals surface area contributed by atoms with E-state index in [1.54, 1.807) is 0 Å². The summed E-state index contributed by atoms with van der Waals surface area (Å²) < 4.78 is 0.985. The highest BCUT2D eigenvalue weighted by atomic mass is 79.9. The first-order valence-corrected chi connectivity index (χ1v) is 5.85. The monoisotopic (exact) mass is 267 g/mol. The van der Waals surface area contributed by atoms with E-state index in [9.17, 15) is 0 Å². The number of hydrogen-bond acceptors (Lipinski definition) is 3. The van der Waals surface area contributed by atoms with Crippen LogP contribution in [-0.4, -0.2) is 18.1 Å². The second-order valence-corrected chi connectivity index (χ2v) is 4.46. The van der Waals surface area contributed by atoms with Crippen LogP contribution in [0.2, 0.25) is 0 Å². The van der Waals surface area contributed by atoms with Crippen LogP contribution in [0.5, 0.6) is 0 Å². The molecule has 4 heteroatoms.